The van der Waals surface area contributed by atoms with Gasteiger partial charge in [0.1, 0.15) is 5.75 Å². The summed E-state index contributed by atoms with van der Waals surface area (Å²) in [6.07, 6.45) is 1.75. The Labute approximate surface area is 141 Å². The highest BCUT2D eigenvalue weighted by molar-refractivity contribution is 5.83. The summed E-state index contributed by atoms with van der Waals surface area (Å²) >= 11 is 0. The zero-order valence-corrected chi connectivity index (χ0v) is 13.7. The molecule has 2 aromatic carbocycles. The summed E-state index contributed by atoms with van der Waals surface area (Å²) in [6, 6.07) is 14.3. The van der Waals surface area contributed by atoms with Crippen molar-refractivity contribution in [3.8, 4) is 5.75 Å². The number of rotatable bonds is 6. The first-order valence-corrected chi connectivity index (χ1v) is 8.20. The molecule has 1 aliphatic heterocycles. The van der Waals surface area contributed by atoms with Gasteiger partial charge in [-0.25, -0.2) is 4.79 Å². The molecule has 0 amide bonds. The van der Waals surface area contributed by atoms with Crippen molar-refractivity contribution in [2.75, 3.05) is 19.8 Å². The van der Waals surface area contributed by atoms with E-state index >= 15 is 0 Å². The molecule has 5 heteroatoms. The van der Waals surface area contributed by atoms with Crippen LogP contribution in [0, 0.1) is 5.92 Å². The second kappa shape index (κ2) is 7.20. The number of benzene rings is 2. The van der Waals surface area contributed by atoms with Gasteiger partial charge in [0.2, 0.25) is 0 Å². The molecule has 0 aliphatic carbocycles. The normalized spacial score (nSPS) is 24.0. The third-order valence-corrected chi connectivity index (χ3v) is 4.32. The molecule has 24 heavy (non-hydrogen) atoms. The maximum Gasteiger partial charge on any atom is 0.364 e. The van der Waals surface area contributed by atoms with Crippen molar-refractivity contribution in [3.63, 3.8) is 0 Å². The van der Waals surface area contributed by atoms with Crippen molar-refractivity contribution in [2.45, 2.75) is 25.6 Å². The van der Waals surface area contributed by atoms with Crippen molar-refractivity contribution >= 4 is 16.7 Å². The standard InChI is InChI=1S/C19H22O5/c1-19(18(20)21)23-12-14(13-24-19)5-4-10-22-17-9-8-15-6-2-3-7-16(15)11-17/h2-3,6-9,11,14H,4-5,10,12-13H2,1H3,(H,20,21). The van der Waals surface area contributed by atoms with Gasteiger partial charge in [-0.1, -0.05) is 30.3 Å². The Morgan fingerprint density at radius 1 is 1.21 bits per heavy atom. The van der Waals surface area contributed by atoms with E-state index in [1.54, 1.807) is 0 Å². The smallest absolute Gasteiger partial charge is 0.364 e. The lowest BCUT2D eigenvalue weighted by Gasteiger charge is -2.34. The minimum Gasteiger partial charge on any atom is -0.494 e. The number of carbonyl (C=O) groups is 1. The molecule has 3 rings (SSSR count). The molecule has 0 spiro atoms. The lowest BCUT2D eigenvalue weighted by atomic mass is 10.0. The summed E-state index contributed by atoms with van der Waals surface area (Å²) in [4.78, 5) is 11.0. The maximum absolute atomic E-state index is 11.0. The van der Waals surface area contributed by atoms with Crippen molar-refractivity contribution in [1.82, 2.24) is 0 Å². The molecule has 0 saturated carbocycles. The van der Waals surface area contributed by atoms with Crippen molar-refractivity contribution in [3.05, 3.63) is 42.5 Å². The molecular formula is C19H22O5. The first-order chi connectivity index (χ1) is 11.6. The number of carboxylic acids is 1. The fourth-order valence-corrected chi connectivity index (χ4v) is 2.75. The topological polar surface area (TPSA) is 65.0 Å². The highest BCUT2D eigenvalue weighted by atomic mass is 16.7. The van der Waals surface area contributed by atoms with Crippen molar-refractivity contribution in [2.24, 2.45) is 5.92 Å². The van der Waals surface area contributed by atoms with Crippen LogP contribution in [0.1, 0.15) is 19.8 Å². The van der Waals surface area contributed by atoms with Crippen LogP contribution in [0.15, 0.2) is 42.5 Å². The van der Waals surface area contributed by atoms with E-state index < -0.39 is 11.8 Å². The zero-order valence-electron chi connectivity index (χ0n) is 13.7. The number of hydrogen-bond acceptors (Lipinski definition) is 4. The Bertz CT molecular complexity index is 704. The van der Waals surface area contributed by atoms with E-state index in [4.69, 9.17) is 19.3 Å². The van der Waals surface area contributed by atoms with E-state index in [0.717, 1.165) is 24.0 Å². The number of aliphatic carboxylic acids is 1. The first-order valence-electron chi connectivity index (χ1n) is 8.20. The van der Waals surface area contributed by atoms with E-state index in [9.17, 15) is 4.79 Å². The third kappa shape index (κ3) is 3.86. The van der Waals surface area contributed by atoms with Gasteiger partial charge in [0.15, 0.2) is 0 Å². The quantitative estimate of drug-likeness (QED) is 0.822. The van der Waals surface area contributed by atoms with Crippen LogP contribution in [0.4, 0.5) is 0 Å². The van der Waals surface area contributed by atoms with Gasteiger partial charge in [0.05, 0.1) is 19.8 Å². The molecule has 2 aromatic rings. The zero-order chi connectivity index (χ0) is 17.0. The predicted molar refractivity (Wildman–Crippen MR) is 90.1 cm³/mol. The minimum absolute atomic E-state index is 0.206. The molecule has 128 valence electrons. The summed E-state index contributed by atoms with van der Waals surface area (Å²) in [6.45, 7) is 2.86. The Balaban J connectivity index is 1.42. The van der Waals surface area contributed by atoms with E-state index in [1.807, 2.05) is 24.3 Å². The molecular weight excluding hydrogens is 308 g/mol. The SMILES string of the molecule is CC1(C(=O)O)OCC(CCCOc2ccc3ccccc3c2)CO1. The maximum atomic E-state index is 11.0. The monoisotopic (exact) mass is 330 g/mol. The minimum atomic E-state index is -1.50. The van der Waals surface area contributed by atoms with E-state index in [1.165, 1.54) is 12.3 Å². The van der Waals surface area contributed by atoms with Crippen LogP contribution in [-0.4, -0.2) is 36.7 Å². The molecule has 0 bridgehead atoms. The average molecular weight is 330 g/mol. The number of fused-ring (bicyclic) bond motifs is 1. The van der Waals surface area contributed by atoms with Gasteiger partial charge in [0, 0.05) is 12.8 Å². The van der Waals surface area contributed by atoms with Gasteiger partial charge in [-0.2, -0.15) is 0 Å². The predicted octanol–water partition coefficient (Wildman–Crippen LogP) is 3.46. The van der Waals surface area contributed by atoms with E-state index in [0.29, 0.717) is 19.8 Å². The van der Waals surface area contributed by atoms with Gasteiger partial charge in [0.25, 0.3) is 5.79 Å². The van der Waals surface area contributed by atoms with Gasteiger partial charge in [-0.15, -0.1) is 0 Å². The second-order valence-electron chi connectivity index (χ2n) is 6.24. The van der Waals surface area contributed by atoms with Crippen LogP contribution in [0.2, 0.25) is 0 Å². The molecule has 1 heterocycles. The number of ether oxygens (including phenoxy) is 3. The van der Waals surface area contributed by atoms with Gasteiger partial charge in [-0.3, -0.25) is 0 Å². The Kier molecular flexibility index (Phi) is 5.02. The molecule has 1 fully saturated rings. The summed E-state index contributed by atoms with van der Waals surface area (Å²) in [7, 11) is 0. The molecule has 0 aromatic heterocycles. The highest BCUT2D eigenvalue weighted by Crippen LogP contribution is 2.25. The highest BCUT2D eigenvalue weighted by Gasteiger charge is 2.40. The van der Waals surface area contributed by atoms with Crippen LogP contribution < -0.4 is 4.74 Å². The average Bonchev–Trinajstić information content (AvgIpc) is 2.60. The van der Waals surface area contributed by atoms with Crippen LogP contribution in [0.3, 0.4) is 0 Å². The Morgan fingerprint density at radius 2 is 1.92 bits per heavy atom. The summed E-state index contributed by atoms with van der Waals surface area (Å²) < 4.78 is 16.5. The first kappa shape index (κ1) is 16.7. The van der Waals surface area contributed by atoms with Crippen LogP contribution in [0.25, 0.3) is 10.8 Å². The molecule has 0 atom stereocenters. The van der Waals surface area contributed by atoms with E-state index in [-0.39, 0.29) is 5.92 Å². The molecule has 0 radical (unpaired) electrons. The Hall–Kier alpha value is -2.11. The van der Waals surface area contributed by atoms with Crippen LogP contribution in [0.5, 0.6) is 5.75 Å². The summed E-state index contributed by atoms with van der Waals surface area (Å²) in [5, 5.41) is 11.4. The summed E-state index contributed by atoms with van der Waals surface area (Å²) in [5.41, 5.74) is 0. The van der Waals surface area contributed by atoms with Crippen molar-refractivity contribution in [1.29, 1.82) is 0 Å². The second-order valence-corrected chi connectivity index (χ2v) is 6.24. The summed E-state index contributed by atoms with van der Waals surface area (Å²) in [5.74, 6) is -1.51. The fraction of sp³-hybridized carbons (Fsp3) is 0.421. The largest absolute Gasteiger partial charge is 0.494 e. The molecule has 0 unspecified atom stereocenters. The Morgan fingerprint density at radius 3 is 2.62 bits per heavy atom. The molecule has 1 aliphatic rings. The van der Waals surface area contributed by atoms with Crippen LogP contribution in [-0.2, 0) is 14.3 Å². The third-order valence-electron chi connectivity index (χ3n) is 4.32. The van der Waals surface area contributed by atoms with Crippen molar-refractivity contribution < 1.29 is 24.1 Å². The molecule has 1 N–H and O–H groups in total. The lowest BCUT2D eigenvalue weighted by molar-refractivity contribution is -0.271. The van der Waals surface area contributed by atoms with Gasteiger partial charge < -0.3 is 19.3 Å². The fourth-order valence-electron chi connectivity index (χ4n) is 2.75. The van der Waals surface area contributed by atoms with Gasteiger partial charge in [-0.05, 0) is 35.7 Å². The number of hydrogen-bond donors (Lipinski definition) is 1. The van der Waals surface area contributed by atoms with Crippen LogP contribution >= 0.6 is 0 Å². The lowest BCUT2D eigenvalue weighted by Crippen LogP contribution is -2.47. The van der Waals surface area contributed by atoms with Gasteiger partial charge >= 0.3 is 5.97 Å². The number of carboxylic acid groups (broad SMARTS) is 1. The van der Waals surface area contributed by atoms with E-state index in [2.05, 4.69) is 18.2 Å². The molecule has 5 nitrogen and oxygen atoms in total. The molecule has 1 saturated heterocycles.